The molecule has 5 nitrogen and oxygen atoms in total. The first-order chi connectivity index (χ1) is 7.80. The third-order valence-electron chi connectivity index (χ3n) is 2.75. The highest BCUT2D eigenvalue weighted by atomic mass is 35.5. The number of aromatic nitrogens is 2. The van der Waals surface area contributed by atoms with Crippen LogP contribution in [-0.2, 0) is 17.1 Å². The molecule has 0 saturated heterocycles. The summed E-state index contributed by atoms with van der Waals surface area (Å²) in [5, 5.41) is 0.0634. The minimum atomic E-state index is -3.58. The molecule has 0 aliphatic rings. The first-order valence-electron chi connectivity index (χ1n) is 5.43. The zero-order valence-corrected chi connectivity index (χ0v) is 12.1. The van der Waals surface area contributed by atoms with Gasteiger partial charge in [-0.2, -0.15) is 4.31 Å². The fourth-order valence-electron chi connectivity index (χ4n) is 1.38. The highest BCUT2D eigenvalue weighted by Crippen LogP contribution is 2.22. The van der Waals surface area contributed by atoms with E-state index in [-0.39, 0.29) is 10.2 Å². The molecule has 1 atom stereocenters. The Morgan fingerprint density at radius 1 is 1.59 bits per heavy atom. The van der Waals surface area contributed by atoms with Crippen LogP contribution < -0.4 is 0 Å². The summed E-state index contributed by atoms with van der Waals surface area (Å²) in [6.45, 7) is 4.50. The standard InChI is InChI=1S/C10H18ClN3O2S/c1-5-8(2)6-14(4)17(15,16)10-9(11)13(3)7-12-10/h7-8H,5-6H2,1-4H3. The molecular weight excluding hydrogens is 262 g/mol. The van der Waals surface area contributed by atoms with E-state index in [4.69, 9.17) is 11.6 Å². The van der Waals surface area contributed by atoms with Gasteiger partial charge in [-0.15, -0.1) is 0 Å². The minimum absolute atomic E-state index is 0.0764. The number of sulfonamides is 1. The Morgan fingerprint density at radius 2 is 2.18 bits per heavy atom. The summed E-state index contributed by atoms with van der Waals surface area (Å²) in [6.07, 6.45) is 2.32. The van der Waals surface area contributed by atoms with Crippen LogP contribution in [0, 0.1) is 5.92 Å². The number of nitrogens with zero attached hydrogens (tertiary/aromatic N) is 3. The highest BCUT2D eigenvalue weighted by molar-refractivity contribution is 7.89. The molecule has 0 bridgehead atoms. The molecule has 0 radical (unpaired) electrons. The van der Waals surface area contributed by atoms with Gasteiger partial charge in [0.25, 0.3) is 10.0 Å². The smallest absolute Gasteiger partial charge is 0.263 e. The second-order valence-electron chi connectivity index (χ2n) is 4.25. The zero-order chi connectivity index (χ0) is 13.2. The zero-order valence-electron chi connectivity index (χ0n) is 10.5. The van der Waals surface area contributed by atoms with Gasteiger partial charge in [0.2, 0.25) is 5.03 Å². The van der Waals surface area contributed by atoms with Crippen molar-refractivity contribution in [3.63, 3.8) is 0 Å². The topological polar surface area (TPSA) is 55.2 Å². The predicted molar refractivity (Wildman–Crippen MR) is 67.5 cm³/mol. The fraction of sp³-hybridized carbons (Fsp3) is 0.700. The van der Waals surface area contributed by atoms with Crippen LogP contribution in [0.15, 0.2) is 11.4 Å². The lowest BCUT2D eigenvalue weighted by Gasteiger charge is -2.19. The summed E-state index contributed by atoms with van der Waals surface area (Å²) in [6, 6.07) is 0. The number of rotatable bonds is 5. The van der Waals surface area contributed by atoms with E-state index in [0.717, 1.165) is 6.42 Å². The molecule has 1 rings (SSSR count). The molecule has 0 fully saturated rings. The quantitative estimate of drug-likeness (QED) is 0.825. The molecular formula is C10H18ClN3O2S. The van der Waals surface area contributed by atoms with E-state index in [0.29, 0.717) is 12.5 Å². The van der Waals surface area contributed by atoms with E-state index < -0.39 is 10.0 Å². The molecule has 1 aromatic heterocycles. The van der Waals surface area contributed by atoms with Gasteiger partial charge >= 0.3 is 0 Å². The van der Waals surface area contributed by atoms with Gasteiger partial charge in [-0.25, -0.2) is 13.4 Å². The van der Waals surface area contributed by atoms with Gasteiger partial charge in [0, 0.05) is 20.6 Å². The molecule has 1 unspecified atom stereocenters. The summed E-state index contributed by atoms with van der Waals surface area (Å²) < 4.78 is 27.1. The molecule has 98 valence electrons. The average molecular weight is 280 g/mol. The molecule has 0 amide bonds. The number of hydrogen-bond donors (Lipinski definition) is 0. The van der Waals surface area contributed by atoms with E-state index >= 15 is 0 Å². The Bertz CT molecular complexity index is 484. The first kappa shape index (κ1) is 14.5. The van der Waals surface area contributed by atoms with E-state index in [9.17, 15) is 8.42 Å². The van der Waals surface area contributed by atoms with Crippen LogP contribution in [0.4, 0.5) is 0 Å². The SMILES string of the molecule is CCC(C)CN(C)S(=O)(=O)c1ncn(C)c1Cl. The van der Waals surface area contributed by atoms with Crippen molar-refractivity contribution in [1.82, 2.24) is 13.9 Å². The summed E-state index contributed by atoms with van der Waals surface area (Å²) >= 11 is 5.90. The van der Waals surface area contributed by atoms with Crippen molar-refractivity contribution in [2.45, 2.75) is 25.3 Å². The Balaban J connectivity index is 2.99. The van der Waals surface area contributed by atoms with Crippen LogP contribution in [0.1, 0.15) is 20.3 Å². The van der Waals surface area contributed by atoms with Crippen LogP contribution >= 0.6 is 11.6 Å². The monoisotopic (exact) mass is 279 g/mol. The van der Waals surface area contributed by atoms with Crippen LogP contribution in [0.3, 0.4) is 0 Å². The van der Waals surface area contributed by atoms with Crippen molar-refractivity contribution in [2.24, 2.45) is 13.0 Å². The lowest BCUT2D eigenvalue weighted by molar-refractivity contribution is 0.392. The Morgan fingerprint density at radius 3 is 2.59 bits per heavy atom. The maximum absolute atomic E-state index is 12.2. The van der Waals surface area contributed by atoms with Crippen LogP contribution in [0.5, 0.6) is 0 Å². The second kappa shape index (κ2) is 5.37. The van der Waals surface area contributed by atoms with Crippen LogP contribution in [0.2, 0.25) is 5.15 Å². The summed E-state index contributed by atoms with van der Waals surface area (Å²) in [4.78, 5) is 3.84. The van der Waals surface area contributed by atoms with Crippen LogP contribution in [0.25, 0.3) is 0 Å². The van der Waals surface area contributed by atoms with Gasteiger partial charge in [0.05, 0.1) is 6.33 Å². The van der Waals surface area contributed by atoms with Crippen molar-refractivity contribution < 1.29 is 8.42 Å². The summed E-state index contributed by atoms with van der Waals surface area (Å²) in [7, 11) is -0.381. The van der Waals surface area contributed by atoms with Crippen molar-refractivity contribution in [2.75, 3.05) is 13.6 Å². The number of hydrogen-bond acceptors (Lipinski definition) is 3. The molecule has 17 heavy (non-hydrogen) atoms. The molecule has 0 aliphatic carbocycles. The van der Waals surface area contributed by atoms with Crippen LogP contribution in [-0.4, -0.2) is 35.9 Å². The molecule has 7 heteroatoms. The molecule has 1 aromatic rings. The molecule has 0 aromatic carbocycles. The van der Waals surface area contributed by atoms with Gasteiger partial charge < -0.3 is 4.57 Å². The van der Waals surface area contributed by atoms with E-state index in [1.54, 1.807) is 14.1 Å². The van der Waals surface area contributed by atoms with Crippen molar-refractivity contribution in [1.29, 1.82) is 0 Å². The van der Waals surface area contributed by atoms with Gasteiger partial charge in [-0.3, -0.25) is 0 Å². The Hall–Kier alpha value is -0.590. The van der Waals surface area contributed by atoms with Crippen molar-refractivity contribution in [3.05, 3.63) is 11.5 Å². The van der Waals surface area contributed by atoms with Crippen molar-refractivity contribution >= 4 is 21.6 Å². The normalized spacial score (nSPS) is 14.2. The number of aryl methyl sites for hydroxylation is 1. The first-order valence-corrected chi connectivity index (χ1v) is 7.25. The summed E-state index contributed by atoms with van der Waals surface area (Å²) in [5.74, 6) is 0.303. The lowest BCUT2D eigenvalue weighted by Crippen LogP contribution is -2.31. The Kier molecular flexibility index (Phi) is 4.57. The second-order valence-corrected chi connectivity index (χ2v) is 6.57. The molecule has 1 heterocycles. The molecule has 0 saturated carbocycles. The average Bonchev–Trinajstić information content (AvgIpc) is 2.59. The third-order valence-corrected chi connectivity index (χ3v) is 5.07. The maximum Gasteiger partial charge on any atom is 0.263 e. The lowest BCUT2D eigenvalue weighted by atomic mass is 10.1. The minimum Gasteiger partial charge on any atom is -0.324 e. The highest BCUT2D eigenvalue weighted by Gasteiger charge is 2.27. The van der Waals surface area contributed by atoms with Gasteiger partial charge in [-0.1, -0.05) is 31.9 Å². The van der Waals surface area contributed by atoms with Gasteiger partial charge in [-0.05, 0) is 5.92 Å². The molecule has 0 N–H and O–H groups in total. The third kappa shape index (κ3) is 3.00. The summed E-state index contributed by atoms with van der Waals surface area (Å²) in [5.41, 5.74) is 0. The van der Waals surface area contributed by atoms with Gasteiger partial charge in [0.1, 0.15) is 5.15 Å². The fourth-order valence-corrected chi connectivity index (χ4v) is 3.05. The predicted octanol–water partition coefficient (Wildman–Crippen LogP) is 1.74. The van der Waals surface area contributed by atoms with E-state index in [2.05, 4.69) is 4.98 Å². The van der Waals surface area contributed by atoms with E-state index in [1.807, 2.05) is 13.8 Å². The number of halogens is 1. The Labute approximate surface area is 107 Å². The maximum atomic E-state index is 12.2. The largest absolute Gasteiger partial charge is 0.324 e. The molecule has 0 aliphatic heterocycles. The van der Waals surface area contributed by atoms with Crippen molar-refractivity contribution in [3.8, 4) is 0 Å². The van der Waals surface area contributed by atoms with Gasteiger partial charge in [0.15, 0.2) is 0 Å². The van der Waals surface area contributed by atoms with E-state index in [1.165, 1.54) is 15.2 Å². The number of imidazole rings is 1. The molecule has 0 spiro atoms.